The Kier molecular flexibility index (Phi) is 5.28. The highest BCUT2D eigenvalue weighted by Gasteiger charge is 2.17. The van der Waals surface area contributed by atoms with Gasteiger partial charge in [-0.2, -0.15) is 0 Å². The number of carbonyl (C=O) groups is 2. The van der Waals surface area contributed by atoms with E-state index >= 15 is 0 Å². The first-order valence-electron chi connectivity index (χ1n) is 4.92. The highest BCUT2D eigenvalue weighted by molar-refractivity contribution is 5.73. The second-order valence-corrected chi connectivity index (χ2v) is 4.42. The third-order valence-corrected chi connectivity index (χ3v) is 1.63. The smallest absolute Gasteiger partial charge is 0.320 e. The van der Waals surface area contributed by atoms with Gasteiger partial charge >= 0.3 is 11.9 Å². The van der Waals surface area contributed by atoms with Crippen molar-refractivity contribution in [3.63, 3.8) is 0 Å². The van der Waals surface area contributed by atoms with Gasteiger partial charge in [-0.1, -0.05) is 0 Å². The molecule has 0 aromatic carbocycles. The van der Waals surface area contributed by atoms with Crippen LogP contribution in [-0.2, 0) is 14.3 Å². The third-order valence-electron chi connectivity index (χ3n) is 1.63. The van der Waals surface area contributed by atoms with Crippen molar-refractivity contribution in [2.24, 2.45) is 5.73 Å². The number of esters is 1. The van der Waals surface area contributed by atoms with Crippen molar-refractivity contribution in [2.75, 3.05) is 0 Å². The normalized spacial score (nSPS) is 13.3. The van der Waals surface area contributed by atoms with Crippen molar-refractivity contribution >= 4 is 11.9 Å². The van der Waals surface area contributed by atoms with Gasteiger partial charge < -0.3 is 15.6 Å². The van der Waals surface area contributed by atoms with Gasteiger partial charge in [0.25, 0.3) is 0 Å². The molecule has 0 rings (SSSR count). The quantitative estimate of drug-likeness (QED) is 0.668. The molecule has 0 aliphatic heterocycles. The minimum Gasteiger partial charge on any atom is -0.480 e. The maximum absolute atomic E-state index is 11.2. The molecule has 0 heterocycles. The number of carbonyl (C=O) groups excluding carboxylic acids is 1. The molecule has 0 aromatic heterocycles. The standard InChI is InChI=1S/C10H19NO4/c1-10(2,3)15-8(12)6-4-5-7(11)9(13)14/h7H,4-6,11H2,1-3H3,(H,13,14). The molecule has 0 amide bonds. The summed E-state index contributed by atoms with van der Waals surface area (Å²) in [6.07, 6.45) is 0.926. The van der Waals surface area contributed by atoms with Crippen molar-refractivity contribution in [3.8, 4) is 0 Å². The second kappa shape index (κ2) is 5.70. The topological polar surface area (TPSA) is 89.6 Å². The van der Waals surface area contributed by atoms with Gasteiger partial charge in [-0.3, -0.25) is 9.59 Å². The minimum absolute atomic E-state index is 0.207. The van der Waals surface area contributed by atoms with Gasteiger partial charge in [-0.05, 0) is 33.6 Å². The molecule has 0 saturated heterocycles. The Labute approximate surface area is 89.6 Å². The minimum atomic E-state index is -1.04. The Morgan fingerprint density at radius 1 is 1.40 bits per heavy atom. The molecule has 0 radical (unpaired) electrons. The summed E-state index contributed by atoms with van der Waals surface area (Å²) in [4.78, 5) is 21.6. The summed E-state index contributed by atoms with van der Waals surface area (Å²) in [7, 11) is 0. The Morgan fingerprint density at radius 3 is 2.33 bits per heavy atom. The molecule has 15 heavy (non-hydrogen) atoms. The van der Waals surface area contributed by atoms with Gasteiger partial charge in [0.1, 0.15) is 11.6 Å². The van der Waals surface area contributed by atoms with E-state index in [0.717, 1.165) is 0 Å². The van der Waals surface area contributed by atoms with E-state index in [1.165, 1.54) is 0 Å². The van der Waals surface area contributed by atoms with E-state index in [4.69, 9.17) is 15.6 Å². The molecule has 1 unspecified atom stereocenters. The van der Waals surface area contributed by atoms with Crippen LogP contribution in [-0.4, -0.2) is 28.7 Å². The fourth-order valence-electron chi connectivity index (χ4n) is 0.982. The van der Waals surface area contributed by atoms with Crippen LogP contribution in [0.1, 0.15) is 40.0 Å². The Hall–Kier alpha value is -1.10. The number of aliphatic carboxylic acids is 1. The van der Waals surface area contributed by atoms with E-state index in [1.54, 1.807) is 20.8 Å². The fourth-order valence-corrected chi connectivity index (χ4v) is 0.982. The first kappa shape index (κ1) is 13.9. The Bertz CT molecular complexity index is 232. The first-order chi connectivity index (χ1) is 6.72. The van der Waals surface area contributed by atoms with Gasteiger partial charge in [0.2, 0.25) is 0 Å². The number of rotatable bonds is 5. The molecule has 1 atom stereocenters. The lowest BCUT2D eigenvalue weighted by molar-refractivity contribution is -0.155. The van der Waals surface area contributed by atoms with E-state index < -0.39 is 17.6 Å². The fraction of sp³-hybridized carbons (Fsp3) is 0.800. The van der Waals surface area contributed by atoms with E-state index in [-0.39, 0.29) is 18.8 Å². The summed E-state index contributed by atoms with van der Waals surface area (Å²) >= 11 is 0. The van der Waals surface area contributed by atoms with Gasteiger partial charge in [0.15, 0.2) is 0 Å². The summed E-state index contributed by atoms with van der Waals surface area (Å²) < 4.78 is 5.05. The van der Waals surface area contributed by atoms with Crippen LogP contribution in [0.3, 0.4) is 0 Å². The molecule has 0 bridgehead atoms. The van der Waals surface area contributed by atoms with E-state index in [2.05, 4.69) is 0 Å². The third kappa shape index (κ3) is 7.93. The SMILES string of the molecule is CC(C)(C)OC(=O)CCCC(N)C(=O)O. The van der Waals surface area contributed by atoms with E-state index in [1.807, 2.05) is 0 Å². The predicted octanol–water partition coefficient (Wildman–Crippen LogP) is 0.910. The van der Waals surface area contributed by atoms with Crippen molar-refractivity contribution in [1.29, 1.82) is 0 Å². The van der Waals surface area contributed by atoms with Crippen LogP contribution in [0.2, 0.25) is 0 Å². The van der Waals surface area contributed by atoms with Crippen LogP contribution in [0.25, 0.3) is 0 Å². The van der Waals surface area contributed by atoms with Crippen LogP contribution in [0, 0.1) is 0 Å². The Morgan fingerprint density at radius 2 is 1.93 bits per heavy atom. The summed E-state index contributed by atoms with van der Waals surface area (Å²) in [6, 6.07) is -0.896. The van der Waals surface area contributed by atoms with Gasteiger partial charge in [-0.25, -0.2) is 0 Å². The average Bonchev–Trinajstić information content (AvgIpc) is 2.00. The molecule has 5 heteroatoms. The predicted molar refractivity (Wildman–Crippen MR) is 55.3 cm³/mol. The number of hydrogen-bond acceptors (Lipinski definition) is 4. The molecule has 0 aliphatic rings. The zero-order chi connectivity index (χ0) is 12.1. The van der Waals surface area contributed by atoms with Crippen LogP contribution in [0.4, 0.5) is 0 Å². The highest BCUT2D eigenvalue weighted by atomic mass is 16.6. The molecule has 0 spiro atoms. The number of hydrogen-bond donors (Lipinski definition) is 2. The number of carboxylic acids is 1. The van der Waals surface area contributed by atoms with E-state index in [9.17, 15) is 9.59 Å². The summed E-state index contributed by atoms with van der Waals surface area (Å²) in [5.74, 6) is -1.36. The first-order valence-corrected chi connectivity index (χ1v) is 4.92. The van der Waals surface area contributed by atoms with Gasteiger partial charge in [0.05, 0.1) is 0 Å². The van der Waals surface area contributed by atoms with Crippen molar-refractivity contribution in [2.45, 2.75) is 51.7 Å². The van der Waals surface area contributed by atoms with Crippen molar-refractivity contribution in [3.05, 3.63) is 0 Å². The zero-order valence-electron chi connectivity index (χ0n) is 9.45. The molecule has 0 aromatic rings. The van der Waals surface area contributed by atoms with Crippen LogP contribution < -0.4 is 5.73 Å². The summed E-state index contributed by atoms with van der Waals surface area (Å²) in [6.45, 7) is 5.36. The van der Waals surface area contributed by atoms with Crippen LogP contribution in [0.5, 0.6) is 0 Å². The van der Waals surface area contributed by atoms with Crippen molar-refractivity contribution in [1.82, 2.24) is 0 Å². The molecule has 0 saturated carbocycles. The maximum atomic E-state index is 11.2. The molecule has 0 fully saturated rings. The molecular formula is C10H19NO4. The number of nitrogens with two attached hydrogens (primary N) is 1. The van der Waals surface area contributed by atoms with Gasteiger partial charge in [-0.15, -0.1) is 0 Å². The lowest BCUT2D eigenvalue weighted by atomic mass is 10.1. The molecule has 88 valence electrons. The number of ether oxygens (including phenoxy) is 1. The van der Waals surface area contributed by atoms with Crippen LogP contribution >= 0.6 is 0 Å². The second-order valence-electron chi connectivity index (χ2n) is 4.42. The summed E-state index contributed by atoms with van der Waals surface area (Å²) in [5, 5.41) is 8.49. The Balaban J connectivity index is 3.69. The molecular weight excluding hydrogens is 198 g/mol. The van der Waals surface area contributed by atoms with Gasteiger partial charge in [0, 0.05) is 6.42 Å². The van der Waals surface area contributed by atoms with Crippen molar-refractivity contribution < 1.29 is 19.4 Å². The average molecular weight is 217 g/mol. The molecule has 3 N–H and O–H groups in total. The summed E-state index contributed by atoms with van der Waals surface area (Å²) in [5.41, 5.74) is 4.78. The molecule has 5 nitrogen and oxygen atoms in total. The lowest BCUT2D eigenvalue weighted by Gasteiger charge is -2.19. The lowest BCUT2D eigenvalue weighted by Crippen LogP contribution is -2.30. The monoisotopic (exact) mass is 217 g/mol. The van der Waals surface area contributed by atoms with E-state index in [0.29, 0.717) is 6.42 Å². The largest absolute Gasteiger partial charge is 0.480 e. The maximum Gasteiger partial charge on any atom is 0.320 e. The highest BCUT2D eigenvalue weighted by Crippen LogP contribution is 2.10. The zero-order valence-corrected chi connectivity index (χ0v) is 9.45. The molecule has 0 aliphatic carbocycles. The van der Waals surface area contributed by atoms with Crippen LogP contribution in [0.15, 0.2) is 0 Å². The number of carboxylic acid groups (broad SMARTS) is 1.